The smallest absolute Gasteiger partial charge is 0.407 e. The van der Waals surface area contributed by atoms with Crippen molar-refractivity contribution >= 4 is 11.7 Å². The second-order valence-electron chi connectivity index (χ2n) is 9.56. The lowest BCUT2D eigenvalue weighted by Gasteiger charge is -2.44. The van der Waals surface area contributed by atoms with Crippen LogP contribution in [0.4, 0.5) is 4.79 Å². The molecule has 4 rings (SSSR count). The van der Waals surface area contributed by atoms with Crippen LogP contribution >= 0.6 is 0 Å². The predicted molar refractivity (Wildman–Crippen MR) is 122 cm³/mol. The number of aromatic amines is 1. The van der Waals surface area contributed by atoms with Gasteiger partial charge in [-0.15, -0.1) is 0 Å². The number of amides is 1. The van der Waals surface area contributed by atoms with Gasteiger partial charge in [0.25, 0.3) is 5.56 Å². The zero-order chi connectivity index (χ0) is 23.2. The molecule has 3 aromatic rings. The molecule has 1 aliphatic heterocycles. The number of nitrogens with zero attached hydrogens (tertiary/aromatic N) is 3. The van der Waals surface area contributed by atoms with Crippen LogP contribution in [0.5, 0.6) is 5.75 Å². The SMILES string of the molecule is COc1ccccc1-c1c(C)nn2c(=O)cc(C3CCN(C(=O)O)C(C(C)(C)C)C3)[nH]c12. The van der Waals surface area contributed by atoms with Crippen LogP contribution in [0.25, 0.3) is 16.8 Å². The van der Waals surface area contributed by atoms with Gasteiger partial charge in [0.15, 0.2) is 0 Å². The monoisotopic (exact) mass is 438 g/mol. The van der Waals surface area contributed by atoms with Crippen molar-refractivity contribution in [3.8, 4) is 16.9 Å². The molecule has 1 fully saturated rings. The molecular formula is C24H30N4O4. The van der Waals surface area contributed by atoms with Gasteiger partial charge in [0.1, 0.15) is 11.4 Å². The molecule has 2 unspecified atom stereocenters. The van der Waals surface area contributed by atoms with Crippen LogP contribution in [-0.2, 0) is 0 Å². The maximum atomic E-state index is 13.0. The fourth-order valence-corrected chi connectivity index (χ4v) is 4.86. The molecular weight excluding hydrogens is 408 g/mol. The number of hydrogen-bond donors (Lipinski definition) is 2. The average Bonchev–Trinajstić information content (AvgIpc) is 3.08. The van der Waals surface area contributed by atoms with Crippen LogP contribution in [0.2, 0.25) is 0 Å². The molecule has 0 spiro atoms. The highest BCUT2D eigenvalue weighted by Crippen LogP contribution is 2.39. The summed E-state index contributed by atoms with van der Waals surface area (Å²) >= 11 is 0. The van der Waals surface area contributed by atoms with Gasteiger partial charge in [-0.2, -0.15) is 9.61 Å². The van der Waals surface area contributed by atoms with Crippen LogP contribution in [-0.4, -0.2) is 50.4 Å². The first-order valence-corrected chi connectivity index (χ1v) is 10.9. The van der Waals surface area contributed by atoms with Gasteiger partial charge in [0, 0.05) is 35.8 Å². The van der Waals surface area contributed by atoms with E-state index in [0.717, 1.165) is 22.5 Å². The molecule has 0 bridgehead atoms. The highest BCUT2D eigenvalue weighted by atomic mass is 16.5. The van der Waals surface area contributed by atoms with Gasteiger partial charge in [0.2, 0.25) is 0 Å². The van der Waals surface area contributed by atoms with Gasteiger partial charge >= 0.3 is 6.09 Å². The van der Waals surface area contributed by atoms with Gasteiger partial charge < -0.3 is 19.7 Å². The van der Waals surface area contributed by atoms with Crippen LogP contribution < -0.4 is 10.3 Å². The Morgan fingerprint density at radius 1 is 1.28 bits per heavy atom. The zero-order valence-corrected chi connectivity index (χ0v) is 19.2. The Balaban J connectivity index is 1.82. The third-order valence-electron chi connectivity index (χ3n) is 6.47. The summed E-state index contributed by atoms with van der Waals surface area (Å²) in [5.74, 6) is 0.757. The molecule has 0 saturated carbocycles. The number of benzene rings is 1. The summed E-state index contributed by atoms with van der Waals surface area (Å²) in [6.45, 7) is 8.49. The number of likely N-dealkylation sites (tertiary alicyclic amines) is 1. The van der Waals surface area contributed by atoms with E-state index in [-0.39, 0.29) is 22.9 Å². The maximum absolute atomic E-state index is 13.0. The van der Waals surface area contributed by atoms with Crippen LogP contribution in [0.3, 0.4) is 0 Å². The van der Waals surface area contributed by atoms with E-state index in [1.165, 1.54) is 9.42 Å². The number of nitrogens with one attached hydrogen (secondary N) is 1. The van der Waals surface area contributed by atoms with E-state index in [9.17, 15) is 14.7 Å². The van der Waals surface area contributed by atoms with Crippen molar-refractivity contribution in [2.45, 2.75) is 52.5 Å². The first kappa shape index (κ1) is 21.9. The Kier molecular flexibility index (Phi) is 5.48. The topological polar surface area (TPSA) is 99.9 Å². The lowest BCUT2D eigenvalue weighted by atomic mass is 9.76. The number of rotatable bonds is 3. The standard InChI is InChI=1S/C24H30N4O4/c1-14-21(16-8-6-7-9-18(16)32-5)22-25-17(13-20(29)28(22)26-14)15-10-11-27(23(30)31)19(12-15)24(2,3)4/h6-9,13,15,19,25H,10-12H2,1-5H3,(H,30,31). The molecule has 2 aromatic heterocycles. The van der Waals surface area contributed by atoms with Crippen molar-refractivity contribution in [2.75, 3.05) is 13.7 Å². The largest absolute Gasteiger partial charge is 0.496 e. The molecule has 1 aliphatic rings. The molecule has 8 nitrogen and oxygen atoms in total. The Morgan fingerprint density at radius 2 is 2.00 bits per heavy atom. The molecule has 2 atom stereocenters. The van der Waals surface area contributed by atoms with Crippen molar-refractivity contribution in [1.82, 2.24) is 19.5 Å². The Morgan fingerprint density at radius 3 is 2.66 bits per heavy atom. The van der Waals surface area contributed by atoms with Crippen molar-refractivity contribution in [1.29, 1.82) is 0 Å². The highest BCUT2D eigenvalue weighted by Gasteiger charge is 2.39. The second-order valence-corrected chi connectivity index (χ2v) is 9.56. The number of piperidine rings is 1. The third kappa shape index (κ3) is 3.74. The van der Waals surface area contributed by atoms with E-state index in [2.05, 4.69) is 30.9 Å². The molecule has 1 aromatic carbocycles. The van der Waals surface area contributed by atoms with Crippen molar-refractivity contribution in [3.05, 3.63) is 52.1 Å². The van der Waals surface area contributed by atoms with Crippen molar-refractivity contribution in [3.63, 3.8) is 0 Å². The number of carboxylic acid groups (broad SMARTS) is 1. The van der Waals surface area contributed by atoms with Crippen LogP contribution in [0.15, 0.2) is 35.1 Å². The quantitative estimate of drug-likeness (QED) is 0.636. The van der Waals surface area contributed by atoms with E-state index < -0.39 is 6.09 Å². The number of H-pyrrole nitrogens is 1. The van der Waals surface area contributed by atoms with Crippen LogP contribution in [0.1, 0.15) is 50.9 Å². The van der Waals surface area contributed by atoms with Gasteiger partial charge in [-0.25, -0.2) is 4.79 Å². The van der Waals surface area contributed by atoms with Gasteiger partial charge in [-0.1, -0.05) is 39.0 Å². The third-order valence-corrected chi connectivity index (χ3v) is 6.47. The van der Waals surface area contributed by atoms with Crippen LogP contribution in [0, 0.1) is 12.3 Å². The number of methoxy groups -OCH3 is 1. The van der Waals surface area contributed by atoms with Gasteiger partial charge in [0.05, 0.1) is 18.4 Å². The number of fused-ring (bicyclic) bond motifs is 1. The number of ether oxygens (including phenoxy) is 1. The average molecular weight is 439 g/mol. The normalized spacial score (nSPS) is 19.3. The van der Waals surface area contributed by atoms with Crippen molar-refractivity contribution in [2.24, 2.45) is 5.41 Å². The molecule has 8 heteroatoms. The molecule has 170 valence electrons. The number of para-hydroxylation sites is 1. The molecule has 3 heterocycles. The second kappa shape index (κ2) is 8.00. The fourth-order valence-electron chi connectivity index (χ4n) is 4.86. The molecule has 2 N–H and O–H groups in total. The summed E-state index contributed by atoms with van der Waals surface area (Å²) in [6.07, 6.45) is 0.415. The Bertz CT molecular complexity index is 1220. The minimum absolute atomic E-state index is 0.0493. The summed E-state index contributed by atoms with van der Waals surface area (Å²) in [4.78, 5) is 29.8. The lowest BCUT2D eigenvalue weighted by molar-refractivity contribution is 0.0521. The lowest BCUT2D eigenvalue weighted by Crippen LogP contribution is -2.51. The Hall–Kier alpha value is -3.29. The minimum atomic E-state index is -0.891. The molecule has 1 saturated heterocycles. The summed E-state index contributed by atoms with van der Waals surface area (Å²) < 4.78 is 6.94. The number of carbonyl (C=O) groups is 1. The Labute approximate surface area is 186 Å². The summed E-state index contributed by atoms with van der Waals surface area (Å²) in [5.41, 5.74) is 3.46. The molecule has 0 radical (unpaired) electrons. The molecule has 0 aliphatic carbocycles. The van der Waals surface area contributed by atoms with E-state index in [1.54, 1.807) is 13.2 Å². The van der Waals surface area contributed by atoms with E-state index in [1.807, 2.05) is 31.2 Å². The summed E-state index contributed by atoms with van der Waals surface area (Å²) in [7, 11) is 1.62. The first-order chi connectivity index (χ1) is 15.1. The van der Waals surface area contributed by atoms with E-state index in [4.69, 9.17) is 4.74 Å². The van der Waals surface area contributed by atoms with E-state index in [0.29, 0.717) is 30.8 Å². The van der Waals surface area contributed by atoms with Gasteiger partial charge in [-0.05, 0) is 31.2 Å². The summed E-state index contributed by atoms with van der Waals surface area (Å²) in [6, 6.07) is 9.13. The summed E-state index contributed by atoms with van der Waals surface area (Å²) in [5, 5.41) is 14.1. The van der Waals surface area contributed by atoms with Crippen molar-refractivity contribution < 1.29 is 14.6 Å². The highest BCUT2D eigenvalue weighted by molar-refractivity contribution is 5.83. The molecule has 1 amide bonds. The predicted octanol–water partition coefficient (Wildman–Crippen LogP) is 4.28. The zero-order valence-electron chi connectivity index (χ0n) is 19.2. The first-order valence-electron chi connectivity index (χ1n) is 10.9. The molecule has 32 heavy (non-hydrogen) atoms. The fraction of sp³-hybridized carbons (Fsp3) is 0.458. The van der Waals surface area contributed by atoms with E-state index >= 15 is 0 Å². The maximum Gasteiger partial charge on any atom is 0.407 e. The number of aromatic nitrogens is 3. The number of aryl methyl sites for hydroxylation is 1. The number of hydrogen-bond acceptors (Lipinski definition) is 4. The minimum Gasteiger partial charge on any atom is -0.496 e. The van der Waals surface area contributed by atoms with Gasteiger partial charge in [-0.3, -0.25) is 4.79 Å².